The van der Waals surface area contributed by atoms with Crippen LogP contribution in [0.25, 0.3) is 0 Å². The van der Waals surface area contributed by atoms with Crippen LogP contribution in [0.15, 0.2) is 11.6 Å². The Bertz CT molecular complexity index is 380. The number of rotatable bonds is 6. The average molecular weight is 281 g/mol. The fraction of sp³-hybridized carbons (Fsp3) is 0.714. The lowest BCUT2D eigenvalue weighted by Crippen LogP contribution is -2.50. The monoisotopic (exact) mass is 281 g/mol. The molecular formula is C14H23N3OS. The van der Waals surface area contributed by atoms with Gasteiger partial charge in [-0.15, -0.1) is 11.3 Å². The van der Waals surface area contributed by atoms with E-state index in [0.29, 0.717) is 6.54 Å². The molecule has 106 valence electrons. The summed E-state index contributed by atoms with van der Waals surface area (Å²) in [6, 6.07) is 0. The number of thiazole rings is 1. The molecule has 2 rings (SSSR count). The van der Waals surface area contributed by atoms with E-state index in [4.69, 9.17) is 0 Å². The molecule has 0 bridgehead atoms. The molecule has 5 heteroatoms. The Balaban J connectivity index is 1.85. The van der Waals surface area contributed by atoms with Crippen molar-refractivity contribution in [3.05, 3.63) is 16.6 Å². The molecule has 0 aliphatic carbocycles. The predicted molar refractivity (Wildman–Crippen MR) is 78.3 cm³/mol. The van der Waals surface area contributed by atoms with Gasteiger partial charge in [-0.05, 0) is 25.8 Å². The maximum Gasteiger partial charge on any atom is 0.227 e. The third-order valence-corrected chi connectivity index (χ3v) is 4.63. The quantitative estimate of drug-likeness (QED) is 0.838. The van der Waals surface area contributed by atoms with E-state index in [9.17, 15) is 4.79 Å². The summed E-state index contributed by atoms with van der Waals surface area (Å²) in [6.45, 7) is 4.71. The van der Waals surface area contributed by atoms with Crippen molar-refractivity contribution in [2.24, 2.45) is 5.41 Å². The molecule has 1 aliphatic rings. The minimum absolute atomic E-state index is 0.185. The Morgan fingerprint density at radius 1 is 1.63 bits per heavy atom. The van der Waals surface area contributed by atoms with Gasteiger partial charge in [-0.2, -0.15) is 0 Å². The van der Waals surface area contributed by atoms with Crippen LogP contribution in [0.1, 0.15) is 37.6 Å². The summed E-state index contributed by atoms with van der Waals surface area (Å²) in [7, 11) is 0. The molecule has 0 aromatic carbocycles. The fourth-order valence-electron chi connectivity index (χ4n) is 2.81. The molecule has 1 amide bonds. The van der Waals surface area contributed by atoms with Gasteiger partial charge in [0.25, 0.3) is 0 Å². The molecule has 4 nitrogen and oxygen atoms in total. The third kappa shape index (κ3) is 3.76. The molecule has 1 aliphatic heterocycles. The first kappa shape index (κ1) is 14.5. The van der Waals surface area contributed by atoms with Crippen LogP contribution in [-0.2, 0) is 11.2 Å². The number of nitrogens with one attached hydrogen (secondary N) is 2. The number of hydrogen-bond acceptors (Lipinski definition) is 4. The maximum absolute atomic E-state index is 12.5. The lowest BCUT2D eigenvalue weighted by atomic mass is 9.76. The highest BCUT2D eigenvalue weighted by atomic mass is 32.1. The molecule has 0 spiro atoms. The van der Waals surface area contributed by atoms with Gasteiger partial charge in [0.15, 0.2) is 0 Å². The van der Waals surface area contributed by atoms with Crippen LogP contribution in [0.5, 0.6) is 0 Å². The molecule has 1 aromatic rings. The SMILES string of the molecule is CCCC1(C(=O)NCCc2nccs2)CCCNC1. The molecule has 1 saturated heterocycles. The standard InChI is InChI=1S/C14H23N3OS/c1-2-5-14(6-3-7-15-11-14)13(18)17-8-4-12-16-9-10-19-12/h9-10,15H,2-8,11H2,1H3,(H,17,18). The Hall–Kier alpha value is -0.940. The van der Waals surface area contributed by atoms with Crippen molar-refractivity contribution in [1.82, 2.24) is 15.6 Å². The molecule has 0 radical (unpaired) electrons. The van der Waals surface area contributed by atoms with Crippen LogP contribution in [0.3, 0.4) is 0 Å². The number of aromatic nitrogens is 1. The highest BCUT2D eigenvalue weighted by molar-refractivity contribution is 7.09. The first-order chi connectivity index (χ1) is 9.27. The number of carbonyl (C=O) groups excluding carboxylic acids is 1. The molecule has 19 heavy (non-hydrogen) atoms. The van der Waals surface area contributed by atoms with Gasteiger partial charge >= 0.3 is 0 Å². The lowest BCUT2D eigenvalue weighted by molar-refractivity contribution is -0.132. The van der Waals surface area contributed by atoms with Crippen LogP contribution < -0.4 is 10.6 Å². The molecule has 0 saturated carbocycles. The molecule has 1 fully saturated rings. The summed E-state index contributed by atoms with van der Waals surface area (Å²) in [4.78, 5) is 16.7. The zero-order valence-electron chi connectivity index (χ0n) is 11.6. The van der Waals surface area contributed by atoms with E-state index in [0.717, 1.165) is 50.2 Å². The van der Waals surface area contributed by atoms with Crippen molar-refractivity contribution < 1.29 is 4.79 Å². The van der Waals surface area contributed by atoms with Crippen LogP contribution in [-0.4, -0.2) is 30.5 Å². The lowest BCUT2D eigenvalue weighted by Gasteiger charge is -2.36. The fourth-order valence-corrected chi connectivity index (χ4v) is 3.43. The van der Waals surface area contributed by atoms with Gasteiger partial charge in [0.1, 0.15) is 0 Å². The van der Waals surface area contributed by atoms with Crippen molar-refractivity contribution in [2.75, 3.05) is 19.6 Å². The van der Waals surface area contributed by atoms with Gasteiger partial charge < -0.3 is 10.6 Å². The molecule has 2 heterocycles. The van der Waals surface area contributed by atoms with E-state index in [1.165, 1.54) is 0 Å². The Morgan fingerprint density at radius 2 is 2.53 bits per heavy atom. The highest BCUT2D eigenvalue weighted by Gasteiger charge is 2.38. The molecular weight excluding hydrogens is 258 g/mol. The van der Waals surface area contributed by atoms with Crippen LogP contribution >= 0.6 is 11.3 Å². The van der Waals surface area contributed by atoms with E-state index >= 15 is 0 Å². The van der Waals surface area contributed by atoms with Crippen LogP contribution in [0.2, 0.25) is 0 Å². The summed E-state index contributed by atoms with van der Waals surface area (Å²) in [5.41, 5.74) is -0.185. The number of hydrogen-bond donors (Lipinski definition) is 2. The summed E-state index contributed by atoms with van der Waals surface area (Å²) in [6.07, 6.45) is 6.78. The van der Waals surface area contributed by atoms with E-state index < -0.39 is 0 Å². The minimum atomic E-state index is -0.185. The third-order valence-electron chi connectivity index (χ3n) is 3.79. The van der Waals surface area contributed by atoms with Crippen molar-refractivity contribution >= 4 is 17.2 Å². The first-order valence-corrected chi connectivity index (χ1v) is 8.02. The molecule has 1 aromatic heterocycles. The topological polar surface area (TPSA) is 54.0 Å². The number of carbonyl (C=O) groups is 1. The number of piperidine rings is 1. The Morgan fingerprint density at radius 3 is 3.16 bits per heavy atom. The smallest absolute Gasteiger partial charge is 0.227 e. The van der Waals surface area contributed by atoms with E-state index in [1.807, 2.05) is 11.6 Å². The van der Waals surface area contributed by atoms with Gasteiger partial charge in [0, 0.05) is 31.1 Å². The molecule has 1 atom stereocenters. The van der Waals surface area contributed by atoms with Crippen molar-refractivity contribution in [1.29, 1.82) is 0 Å². The Kier molecular flexibility index (Phi) is 5.34. The minimum Gasteiger partial charge on any atom is -0.355 e. The van der Waals surface area contributed by atoms with Gasteiger partial charge in [0.2, 0.25) is 5.91 Å². The molecule has 2 N–H and O–H groups in total. The van der Waals surface area contributed by atoms with E-state index in [1.54, 1.807) is 11.3 Å². The normalized spacial score (nSPS) is 23.2. The van der Waals surface area contributed by atoms with Gasteiger partial charge in [-0.3, -0.25) is 4.79 Å². The van der Waals surface area contributed by atoms with Crippen molar-refractivity contribution in [3.8, 4) is 0 Å². The highest BCUT2D eigenvalue weighted by Crippen LogP contribution is 2.31. The first-order valence-electron chi connectivity index (χ1n) is 7.14. The predicted octanol–water partition coefficient (Wildman–Crippen LogP) is 1.97. The van der Waals surface area contributed by atoms with Gasteiger partial charge in [-0.25, -0.2) is 4.98 Å². The van der Waals surface area contributed by atoms with Crippen molar-refractivity contribution in [2.45, 2.75) is 39.0 Å². The summed E-state index contributed by atoms with van der Waals surface area (Å²) in [5, 5.41) is 9.54. The summed E-state index contributed by atoms with van der Waals surface area (Å²) in [5.74, 6) is 0.220. The average Bonchev–Trinajstić information content (AvgIpc) is 2.93. The molecule has 1 unspecified atom stereocenters. The van der Waals surface area contributed by atoms with Gasteiger partial charge in [0.05, 0.1) is 10.4 Å². The summed E-state index contributed by atoms with van der Waals surface area (Å²) >= 11 is 1.64. The largest absolute Gasteiger partial charge is 0.355 e. The Labute approximate surface area is 119 Å². The number of amides is 1. The zero-order valence-corrected chi connectivity index (χ0v) is 12.4. The second kappa shape index (κ2) is 7.01. The maximum atomic E-state index is 12.5. The van der Waals surface area contributed by atoms with E-state index in [-0.39, 0.29) is 11.3 Å². The van der Waals surface area contributed by atoms with Crippen LogP contribution in [0, 0.1) is 5.41 Å². The number of nitrogens with zero attached hydrogens (tertiary/aromatic N) is 1. The van der Waals surface area contributed by atoms with E-state index in [2.05, 4.69) is 22.5 Å². The van der Waals surface area contributed by atoms with Gasteiger partial charge in [-0.1, -0.05) is 13.3 Å². The van der Waals surface area contributed by atoms with Crippen molar-refractivity contribution in [3.63, 3.8) is 0 Å². The second-order valence-corrected chi connectivity index (χ2v) is 6.22. The van der Waals surface area contributed by atoms with Crippen LogP contribution in [0.4, 0.5) is 0 Å². The zero-order chi connectivity index (χ0) is 13.6. The summed E-state index contributed by atoms with van der Waals surface area (Å²) < 4.78 is 0. The second-order valence-electron chi connectivity index (χ2n) is 5.24.